The molecule has 2 nitrogen and oxygen atoms in total. The molecule has 3 rings (SSSR count). The van der Waals surface area contributed by atoms with Crippen LogP contribution in [0.15, 0.2) is 48.7 Å². The number of aromatic nitrogens is 1. The molecule has 1 aromatic heterocycles. The van der Waals surface area contributed by atoms with Crippen LogP contribution in [0, 0.1) is 12.7 Å². The second-order valence-electron chi connectivity index (χ2n) is 4.70. The van der Waals surface area contributed by atoms with Crippen LogP contribution in [0.1, 0.15) is 11.1 Å². The molecule has 0 aliphatic rings. The zero-order valence-corrected chi connectivity index (χ0v) is 10.7. The van der Waals surface area contributed by atoms with Crippen molar-refractivity contribution in [2.45, 2.75) is 13.5 Å². The fourth-order valence-corrected chi connectivity index (χ4v) is 2.23. The summed E-state index contributed by atoms with van der Waals surface area (Å²) < 4.78 is 13.7. The highest BCUT2D eigenvalue weighted by molar-refractivity contribution is 5.83. The Morgan fingerprint density at radius 2 is 2.00 bits per heavy atom. The number of aromatic amines is 1. The van der Waals surface area contributed by atoms with Crippen LogP contribution >= 0.6 is 0 Å². The van der Waals surface area contributed by atoms with Crippen LogP contribution in [0.3, 0.4) is 0 Å². The number of halogens is 1. The number of fused-ring (bicyclic) bond motifs is 1. The third-order valence-electron chi connectivity index (χ3n) is 3.27. The van der Waals surface area contributed by atoms with E-state index < -0.39 is 0 Å². The van der Waals surface area contributed by atoms with Crippen LogP contribution < -0.4 is 5.32 Å². The quantitative estimate of drug-likeness (QED) is 0.719. The van der Waals surface area contributed by atoms with Crippen molar-refractivity contribution in [1.29, 1.82) is 0 Å². The van der Waals surface area contributed by atoms with Crippen molar-refractivity contribution in [2.75, 3.05) is 5.32 Å². The van der Waals surface area contributed by atoms with Gasteiger partial charge in [0.1, 0.15) is 5.82 Å². The van der Waals surface area contributed by atoms with E-state index in [4.69, 9.17) is 0 Å². The van der Waals surface area contributed by atoms with Crippen LogP contribution in [0.25, 0.3) is 10.9 Å². The maximum Gasteiger partial charge on any atom is 0.146 e. The second-order valence-corrected chi connectivity index (χ2v) is 4.70. The predicted octanol–water partition coefficient (Wildman–Crippen LogP) is 4.23. The van der Waals surface area contributed by atoms with Crippen LogP contribution in [-0.4, -0.2) is 4.98 Å². The molecule has 0 amide bonds. The average Bonchev–Trinajstić information content (AvgIpc) is 2.81. The predicted molar refractivity (Wildman–Crippen MR) is 76.8 cm³/mol. The van der Waals surface area contributed by atoms with Crippen molar-refractivity contribution < 1.29 is 4.39 Å². The molecule has 0 fully saturated rings. The summed E-state index contributed by atoms with van der Waals surface area (Å²) >= 11 is 0. The van der Waals surface area contributed by atoms with Gasteiger partial charge >= 0.3 is 0 Å². The standard InChI is InChI=1S/C16H15FN2/c1-11-6-7-16(14(17)8-11)19-10-12-9-18-15-5-3-2-4-13(12)15/h2-9,18-19H,10H2,1H3. The van der Waals surface area contributed by atoms with Crippen molar-refractivity contribution in [1.82, 2.24) is 4.98 Å². The summed E-state index contributed by atoms with van der Waals surface area (Å²) in [6, 6.07) is 13.3. The van der Waals surface area contributed by atoms with Gasteiger partial charge in [-0.15, -0.1) is 0 Å². The number of aryl methyl sites for hydroxylation is 1. The first-order chi connectivity index (χ1) is 9.24. The van der Waals surface area contributed by atoms with E-state index >= 15 is 0 Å². The normalized spacial score (nSPS) is 10.8. The Hall–Kier alpha value is -2.29. The monoisotopic (exact) mass is 254 g/mol. The lowest BCUT2D eigenvalue weighted by Gasteiger charge is -2.07. The largest absolute Gasteiger partial charge is 0.379 e. The molecule has 0 radical (unpaired) electrons. The smallest absolute Gasteiger partial charge is 0.146 e. The molecule has 96 valence electrons. The van der Waals surface area contributed by atoms with Crippen molar-refractivity contribution in [3.05, 3.63) is 65.6 Å². The maximum atomic E-state index is 13.7. The van der Waals surface area contributed by atoms with Crippen LogP contribution in [0.4, 0.5) is 10.1 Å². The Bertz CT molecular complexity index is 716. The molecular weight excluding hydrogens is 239 g/mol. The van der Waals surface area contributed by atoms with Crippen molar-refractivity contribution in [3.8, 4) is 0 Å². The molecule has 2 N–H and O–H groups in total. The zero-order valence-electron chi connectivity index (χ0n) is 10.7. The van der Waals surface area contributed by atoms with E-state index in [9.17, 15) is 4.39 Å². The van der Waals surface area contributed by atoms with E-state index in [2.05, 4.69) is 16.4 Å². The van der Waals surface area contributed by atoms with Gasteiger partial charge < -0.3 is 10.3 Å². The van der Waals surface area contributed by atoms with Crippen LogP contribution in [-0.2, 0) is 6.54 Å². The van der Waals surface area contributed by atoms with Crippen LogP contribution in [0.2, 0.25) is 0 Å². The summed E-state index contributed by atoms with van der Waals surface area (Å²) in [6.45, 7) is 2.48. The number of para-hydroxylation sites is 1. The van der Waals surface area contributed by atoms with Gasteiger partial charge in [0.05, 0.1) is 5.69 Å². The Kier molecular flexibility index (Phi) is 2.95. The average molecular weight is 254 g/mol. The number of hydrogen-bond donors (Lipinski definition) is 2. The summed E-state index contributed by atoms with van der Waals surface area (Å²) in [5.41, 5.74) is 3.70. The number of rotatable bonds is 3. The van der Waals surface area contributed by atoms with Crippen molar-refractivity contribution >= 4 is 16.6 Å². The number of anilines is 1. The first kappa shape index (κ1) is 11.8. The van der Waals surface area contributed by atoms with Gasteiger partial charge in [0.15, 0.2) is 0 Å². The molecule has 0 unspecified atom stereocenters. The van der Waals surface area contributed by atoms with Gasteiger partial charge in [0, 0.05) is 23.6 Å². The first-order valence-corrected chi connectivity index (χ1v) is 6.29. The summed E-state index contributed by atoms with van der Waals surface area (Å²) in [7, 11) is 0. The van der Waals surface area contributed by atoms with E-state index in [1.54, 1.807) is 6.07 Å². The van der Waals surface area contributed by atoms with E-state index in [1.807, 2.05) is 37.4 Å². The number of H-pyrrole nitrogens is 1. The molecule has 1 heterocycles. The highest BCUT2D eigenvalue weighted by Gasteiger charge is 2.05. The number of benzene rings is 2. The SMILES string of the molecule is Cc1ccc(NCc2c[nH]c3ccccc23)c(F)c1. The third-order valence-corrected chi connectivity index (χ3v) is 3.27. The summed E-state index contributed by atoms with van der Waals surface area (Å²) in [5, 5.41) is 4.31. The molecule has 0 bridgehead atoms. The minimum Gasteiger partial charge on any atom is -0.379 e. The van der Waals surface area contributed by atoms with E-state index in [0.29, 0.717) is 12.2 Å². The second kappa shape index (κ2) is 4.76. The number of nitrogens with one attached hydrogen (secondary N) is 2. The van der Waals surface area contributed by atoms with Crippen molar-refractivity contribution in [3.63, 3.8) is 0 Å². The first-order valence-electron chi connectivity index (χ1n) is 6.29. The number of hydrogen-bond acceptors (Lipinski definition) is 1. The molecule has 0 saturated carbocycles. The molecule has 3 heteroatoms. The molecule has 3 aromatic rings. The fourth-order valence-electron chi connectivity index (χ4n) is 2.23. The van der Waals surface area contributed by atoms with Crippen molar-refractivity contribution in [2.24, 2.45) is 0 Å². The summed E-state index contributed by atoms with van der Waals surface area (Å²) in [4.78, 5) is 3.21. The lowest BCUT2D eigenvalue weighted by atomic mass is 10.1. The van der Waals surface area contributed by atoms with Gasteiger partial charge in [-0.3, -0.25) is 0 Å². The molecule has 0 aliphatic heterocycles. The Balaban J connectivity index is 1.82. The van der Waals surface area contributed by atoms with Gasteiger partial charge in [-0.2, -0.15) is 0 Å². The lowest BCUT2D eigenvalue weighted by Crippen LogP contribution is -2.01. The Morgan fingerprint density at radius 3 is 2.84 bits per heavy atom. The molecular formula is C16H15FN2. The molecule has 0 spiro atoms. The van der Waals surface area contributed by atoms with E-state index in [1.165, 1.54) is 11.5 Å². The summed E-state index contributed by atoms with van der Waals surface area (Å²) in [5.74, 6) is -0.208. The molecule has 0 saturated heterocycles. The van der Waals surface area contributed by atoms with E-state index in [0.717, 1.165) is 16.6 Å². The highest BCUT2D eigenvalue weighted by atomic mass is 19.1. The summed E-state index contributed by atoms with van der Waals surface area (Å²) in [6.07, 6.45) is 1.96. The molecule has 0 atom stereocenters. The van der Waals surface area contributed by atoms with E-state index in [-0.39, 0.29) is 5.82 Å². The lowest BCUT2D eigenvalue weighted by molar-refractivity contribution is 0.629. The molecule has 2 aromatic carbocycles. The van der Waals surface area contributed by atoms with Gasteiger partial charge in [-0.05, 0) is 36.2 Å². The Morgan fingerprint density at radius 1 is 1.16 bits per heavy atom. The van der Waals surface area contributed by atoms with Gasteiger partial charge in [0.2, 0.25) is 0 Å². The van der Waals surface area contributed by atoms with Gasteiger partial charge in [-0.1, -0.05) is 24.3 Å². The van der Waals surface area contributed by atoms with Gasteiger partial charge in [-0.25, -0.2) is 4.39 Å². The highest BCUT2D eigenvalue weighted by Crippen LogP contribution is 2.20. The molecule has 0 aliphatic carbocycles. The minimum atomic E-state index is -0.208. The molecule has 19 heavy (non-hydrogen) atoms. The van der Waals surface area contributed by atoms with Crippen LogP contribution in [0.5, 0.6) is 0 Å². The Labute approximate surface area is 111 Å². The topological polar surface area (TPSA) is 27.8 Å². The maximum absolute atomic E-state index is 13.7. The fraction of sp³-hybridized carbons (Fsp3) is 0.125. The zero-order chi connectivity index (χ0) is 13.2. The third kappa shape index (κ3) is 2.32. The minimum absolute atomic E-state index is 0.208. The van der Waals surface area contributed by atoms with Gasteiger partial charge in [0.25, 0.3) is 0 Å².